The van der Waals surface area contributed by atoms with E-state index in [0.29, 0.717) is 5.69 Å². The molecule has 0 atom stereocenters. The van der Waals surface area contributed by atoms with E-state index in [1.165, 1.54) is 0 Å². The third kappa shape index (κ3) is 5.84. The molecule has 2 aromatic rings. The van der Waals surface area contributed by atoms with Crippen LogP contribution in [0, 0.1) is 0 Å². The Labute approximate surface area is 164 Å². The Morgan fingerprint density at radius 1 is 0.964 bits per heavy atom. The highest BCUT2D eigenvalue weighted by Gasteiger charge is 2.22. The van der Waals surface area contributed by atoms with Crippen molar-refractivity contribution in [1.29, 1.82) is 0 Å². The number of benzene rings is 1. The number of carbonyl (C=O) groups is 3. The van der Waals surface area contributed by atoms with E-state index in [4.69, 9.17) is 14.2 Å². The first-order valence-electron chi connectivity index (χ1n) is 9.48. The Bertz CT molecular complexity index is 819. The molecule has 0 amide bonds. The summed E-state index contributed by atoms with van der Waals surface area (Å²) in [6.45, 7) is 7.61. The smallest absolute Gasteiger partial charge is 0.355 e. The summed E-state index contributed by atoms with van der Waals surface area (Å²) in [5.41, 5.74) is 1.93. The third-order valence-electron chi connectivity index (χ3n) is 4.12. The van der Waals surface area contributed by atoms with Crippen molar-refractivity contribution < 1.29 is 28.6 Å². The van der Waals surface area contributed by atoms with Gasteiger partial charge in [-0.1, -0.05) is 6.07 Å². The summed E-state index contributed by atoms with van der Waals surface area (Å²) in [5, 5.41) is 0.797. The fourth-order valence-electron chi connectivity index (χ4n) is 2.94. The first kappa shape index (κ1) is 21.5. The molecule has 0 spiro atoms. The van der Waals surface area contributed by atoms with Crippen LogP contribution in [-0.2, 0) is 23.8 Å². The molecule has 1 aromatic carbocycles. The van der Waals surface area contributed by atoms with Gasteiger partial charge in [-0.2, -0.15) is 0 Å². The lowest BCUT2D eigenvalue weighted by Crippen LogP contribution is -2.15. The van der Waals surface area contributed by atoms with Crippen molar-refractivity contribution in [2.75, 3.05) is 13.2 Å². The van der Waals surface area contributed by atoms with Gasteiger partial charge in [0.05, 0.1) is 32.2 Å². The zero-order valence-electron chi connectivity index (χ0n) is 16.7. The number of hydrogen-bond acceptors (Lipinski definition) is 6. The van der Waals surface area contributed by atoms with Crippen LogP contribution in [0.2, 0.25) is 0 Å². The minimum absolute atomic E-state index is 0.0742. The molecule has 7 nitrogen and oxygen atoms in total. The summed E-state index contributed by atoms with van der Waals surface area (Å²) in [4.78, 5) is 39.1. The number of rotatable bonds is 9. The van der Waals surface area contributed by atoms with Crippen molar-refractivity contribution in [1.82, 2.24) is 4.98 Å². The summed E-state index contributed by atoms with van der Waals surface area (Å²) in [5.74, 6) is -1.54. The quantitative estimate of drug-likeness (QED) is 0.519. The monoisotopic (exact) mass is 389 g/mol. The zero-order valence-corrected chi connectivity index (χ0v) is 16.7. The highest BCUT2D eigenvalue weighted by molar-refractivity contribution is 5.95. The summed E-state index contributed by atoms with van der Waals surface area (Å²) in [7, 11) is 0. The van der Waals surface area contributed by atoms with Crippen molar-refractivity contribution in [3.8, 4) is 0 Å². The van der Waals surface area contributed by atoms with Crippen LogP contribution in [0.15, 0.2) is 24.3 Å². The van der Waals surface area contributed by atoms with Gasteiger partial charge in [-0.3, -0.25) is 9.59 Å². The Morgan fingerprint density at radius 3 is 2.11 bits per heavy atom. The van der Waals surface area contributed by atoms with Crippen molar-refractivity contribution in [3.63, 3.8) is 0 Å². The summed E-state index contributed by atoms with van der Waals surface area (Å²) in [6.07, 6.45) is -0.0663. The maximum atomic E-state index is 12.1. The molecule has 152 valence electrons. The largest absolute Gasteiger partial charge is 0.466 e. The lowest BCUT2D eigenvalue weighted by atomic mass is 9.91. The highest BCUT2D eigenvalue weighted by atomic mass is 16.5. The maximum Gasteiger partial charge on any atom is 0.355 e. The van der Waals surface area contributed by atoms with Crippen molar-refractivity contribution in [2.24, 2.45) is 0 Å². The molecule has 0 aliphatic rings. The first-order chi connectivity index (χ1) is 13.3. The van der Waals surface area contributed by atoms with Gasteiger partial charge in [-0.25, -0.2) is 4.79 Å². The van der Waals surface area contributed by atoms with Crippen LogP contribution in [0.3, 0.4) is 0 Å². The average Bonchev–Trinajstić information content (AvgIpc) is 3.04. The van der Waals surface area contributed by atoms with Crippen LogP contribution in [-0.4, -0.2) is 42.2 Å². The van der Waals surface area contributed by atoms with E-state index >= 15 is 0 Å². The van der Waals surface area contributed by atoms with Crippen molar-refractivity contribution in [2.45, 2.75) is 52.6 Å². The van der Waals surface area contributed by atoms with Crippen LogP contribution in [0.4, 0.5) is 0 Å². The fourth-order valence-corrected chi connectivity index (χ4v) is 2.94. The standard InChI is InChI=1S/C21H27NO6/c1-5-26-19(23)11-15(12-20(24)27-6-2)14-7-8-17-16(9-14)10-18(22-17)21(25)28-13(3)4/h7-10,13,15,22H,5-6,11-12H2,1-4H3. The predicted octanol–water partition coefficient (Wildman–Crippen LogP) is 3.72. The summed E-state index contributed by atoms with van der Waals surface area (Å²) >= 11 is 0. The predicted molar refractivity (Wildman–Crippen MR) is 104 cm³/mol. The lowest BCUT2D eigenvalue weighted by molar-refractivity contribution is -0.145. The number of carbonyl (C=O) groups excluding carboxylic acids is 3. The number of aromatic amines is 1. The molecule has 0 radical (unpaired) electrons. The molecule has 0 aliphatic carbocycles. The van der Waals surface area contributed by atoms with Gasteiger partial charge in [0.1, 0.15) is 5.69 Å². The minimum atomic E-state index is -0.428. The van der Waals surface area contributed by atoms with Crippen LogP contribution >= 0.6 is 0 Å². The fraction of sp³-hybridized carbons (Fsp3) is 0.476. The van der Waals surface area contributed by atoms with Gasteiger partial charge in [0, 0.05) is 16.8 Å². The van der Waals surface area contributed by atoms with Crippen molar-refractivity contribution >= 4 is 28.8 Å². The van der Waals surface area contributed by atoms with Crippen LogP contribution < -0.4 is 0 Å². The molecule has 0 aliphatic heterocycles. The van der Waals surface area contributed by atoms with Gasteiger partial charge in [-0.15, -0.1) is 0 Å². The molecule has 2 rings (SSSR count). The molecule has 1 N–H and O–H groups in total. The molecule has 0 bridgehead atoms. The van der Waals surface area contributed by atoms with Crippen LogP contribution in [0.1, 0.15) is 62.5 Å². The number of esters is 3. The van der Waals surface area contributed by atoms with E-state index in [2.05, 4.69) is 4.98 Å². The van der Waals surface area contributed by atoms with E-state index in [1.54, 1.807) is 33.8 Å². The lowest BCUT2D eigenvalue weighted by Gasteiger charge is -2.16. The number of aromatic nitrogens is 1. The second-order valence-corrected chi connectivity index (χ2v) is 6.70. The zero-order chi connectivity index (χ0) is 20.7. The van der Waals surface area contributed by atoms with Gasteiger partial charge in [0.2, 0.25) is 0 Å². The van der Waals surface area contributed by atoms with E-state index in [-0.39, 0.29) is 50.0 Å². The Hall–Kier alpha value is -2.83. The molecular weight excluding hydrogens is 362 g/mol. The van der Waals surface area contributed by atoms with Crippen LogP contribution in [0.25, 0.3) is 10.9 Å². The first-order valence-corrected chi connectivity index (χ1v) is 9.48. The molecule has 0 fully saturated rings. The van der Waals surface area contributed by atoms with E-state index < -0.39 is 5.97 Å². The molecule has 1 aromatic heterocycles. The molecule has 0 unspecified atom stereocenters. The third-order valence-corrected chi connectivity index (χ3v) is 4.12. The normalized spacial score (nSPS) is 11.1. The summed E-state index contributed by atoms with van der Waals surface area (Å²) in [6, 6.07) is 7.22. The number of fused-ring (bicyclic) bond motifs is 1. The Morgan fingerprint density at radius 2 is 1.57 bits per heavy atom. The van der Waals surface area contributed by atoms with Gasteiger partial charge in [0.15, 0.2) is 0 Å². The summed E-state index contributed by atoms with van der Waals surface area (Å²) < 4.78 is 15.3. The number of ether oxygens (including phenoxy) is 3. The molecular formula is C21H27NO6. The van der Waals surface area contributed by atoms with Crippen LogP contribution in [0.5, 0.6) is 0 Å². The Balaban J connectivity index is 2.29. The second kappa shape index (κ2) is 9.92. The SMILES string of the molecule is CCOC(=O)CC(CC(=O)OCC)c1ccc2[nH]c(C(=O)OC(C)C)cc2c1. The van der Waals surface area contributed by atoms with Gasteiger partial charge in [-0.05, 0) is 51.5 Å². The second-order valence-electron chi connectivity index (χ2n) is 6.70. The maximum absolute atomic E-state index is 12.1. The average molecular weight is 389 g/mol. The topological polar surface area (TPSA) is 94.7 Å². The molecule has 7 heteroatoms. The van der Waals surface area contributed by atoms with E-state index in [0.717, 1.165) is 16.5 Å². The highest BCUT2D eigenvalue weighted by Crippen LogP contribution is 2.28. The molecule has 1 heterocycles. The van der Waals surface area contributed by atoms with E-state index in [9.17, 15) is 14.4 Å². The minimum Gasteiger partial charge on any atom is -0.466 e. The molecule has 0 saturated carbocycles. The molecule has 0 saturated heterocycles. The van der Waals surface area contributed by atoms with Crippen molar-refractivity contribution in [3.05, 3.63) is 35.5 Å². The number of nitrogens with one attached hydrogen (secondary N) is 1. The van der Waals surface area contributed by atoms with Gasteiger partial charge >= 0.3 is 17.9 Å². The van der Waals surface area contributed by atoms with Gasteiger partial charge < -0.3 is 19.2 Å². The number of H-pyrrole nitrogens is 1. The molecule has 28 heavy (non-hydrogen) atoms. The van der Waals surface area contributed by atoms with Gasteiger partial charge in [0.25, 0.3) is 0 Å². The Kier molecular flexibility index (Phi) is 7.61. The number of hydrogen-bond donors (Lipinski definition) is 1. The van der Waals surface area contributed by atoms with E-state index in [1.807, 2.05) is 18.2 Å².